The second-order valence-corrected chi connectivity index (χ2v) is 5.44. The van der Waals surface area contributed by atoms with Gasteiger partial charge in [0.1, 0.15) is 0 Å². The van der Waals surface area contributed by atoms with E-state index < -0.39 is 0 Å². The molecule has 0 bridgehead atoms. The summed E-state index contributed by atoms with van der Waals surface area (Å²) in [6.45, 7) is 3.24. The molecule has 1 aromatic rings. The summed E-state index contributed by atoms with van der Waals surface area (Å²) >= 11 is 0. The molecule has 1 N–H and O–H groups in total. The van der Waals surface area contributed by atoms with Crippen molar-refractivity contribution in [3.63, 3.8) is 0 Å². The second-order valence-electron chi connectivity index (χ2n) is 5.44. The second kappa shape index (κ2) is 5.53. The average molecular weight is 273 g/mol. The van der Waals surface area contributed by atoms with Gasteiger partial charge >= 0.3 is 0 Å². The van der Waals surface area contributed by atoms with Crippen molar-refractivity contribution in [2.45, 2.75) is 12.8 Å². The number of hydrogen-bond acceptors (Lipinski definition) is 3. The number of carbonyl (C=O) groups is 2. The van der Waals surface area contributed by atoms with Gasteiger partial charge < -0.3 is 15.1 Å². The van der Waals surface area contributed by atoms with Gasteiger partial charge in [0.05, 0.1) is 0 Å². The number of hydrogen-bond donors (Lipinski definition) is 1. The minimum absolute atomic E-state index is 0.136. The van der Waals surface area contributed by atoms with E-state index in [4.69, 9.17) is 0 Å². The van der Waals surface area contributed by atoms with E-state index in [-0.39, 0.29) is 11.8 Å². The molecule has 0 spiro atoms. The zero-order chi connectivity index (χ0) is 13.9. The molecule has 1 saturated heterocycles. The van der Waals surface area contributed by atoms with Gasteiger partial charge in [-0.25, -0.2) is 0 Å². The van der Waals surface area contributed by atoms with E-state index in [0.29, 0.717) is 0 Å². The average Bonchev–Trinajstić information content (AvgIpc) is 3.33. The van der Waals surface area contributed by atoms with Gasteiger partial charge in [-0.1, -0.05) is 0 Å². The van der Waals surface area contributed by atoms with Gasteiger partial charge in [-0.3, -0.25) is 9.59 Å². The van der Waals surface area contributed by atoms with Gasteiger partial charge in [0.2, 0.25) is 12.3 Å². The molecule has 1 heterocycles. The van der Waals surface area contributed by atoms with Gasteiger partial charge in [-0.2, -0.15) is 0 Å². The largest absolute Gasteiger partial charge is 0.368 e. The maximum Gasteiger partial charge on any atom is 0.227 e. The van der Waals surface area contributed by atoms with Crippen LogP contribution in [0.15, 0.2) is 24.3 Å². The van der Waals surface area contributed by atoms with E-state index in [1.165, 1.54) is 0 Å². The molecule has 1 aromatic carbocycles. The highest BCUT2D eigenvalue weighted by Gasteiger charge is 2.29. The summed E-state index contributed by atoms with van der Waals surface area (Å²) in [4.78, 5) is 26.4. The standard InChI is InChI=1S/C15H19N3O2/c19-11-17-7-9-18(10-8-17)14-5-3-13(4-6-14)16-15(20)12-1-2-12/h3-6,11-12H,1-2,7-10H2,(H,16,20). The Morgan fingerprint density at radius 2 is 1.75 bits per heavy atom. The number of anilines is 2. The molecule has 3 rings (SSSR count). The molecule has 2 fully saturated rings. The van der Waals surface area contributed by atoms with Crippen LogP contribution in [0.3, 0.4) is 0 Å². The monoisotopic (exact) mass is 273 g/mol. The molecular formula is C15H19N3O2. The predicted molar refractivity (Wildman–Crippen MR) is 77.6 cm³/mol. The maximum absolute atomic E-state index is 11.7. The summed E-state index contributed by atoms with van der Waals surface area (Å²) in [6.07, 6.45) is 2.95. The highest BCUT2D eigenvalue weighted by molar-refractivity contribution is 5.94. The lowest BCUT2D eigenvalue weighted by atomic mass is 10.2. The molecule has 106 valence electrons. The van der Waals surface area contributed by atoms with Crippen molar-refractivity contribution in [1.82, 2.24) is 4.90 Å². The normalized spacial score (nSPS) is 18.8. The van der Waals surface area contributed by atoms with E-state index in [1.807, 2.05) is 24.3 Å². The van der Waals surface area contributed by atoms with Crippen LogP contribution in [0.1, 0.15) is 12.8 Å². The van der Waals surface area contributed by atoms with Gasteiger partial charge in [0.15, 0.2) is 0 Å². The van der Waals surface area contributed by atoms with Crippen LogP contribution in [-0.4, -0.2) is 43.4 Å². The quantitative estimate of drug-likeness (QED) is 0.842. The first-order valence-electron chi connectivity index (χ1n) is 7.11. The fourth-order valence-corrected chi connectivity index (χ4v) is 2.43. The first-order valence-corrected chi connectivity index (χ1v) is 7.11. The summed E-state index contributed by atoms with van der Waals surface area (Å²) in [7, 11) is 0. The van der Waals surface area contributed by atoms with E-state index in [9.17, 15) is 9.59 Å². The van der Waals surface area contributed by atoms with Crippen LogP contribution in [0.5, 0.6) is 0 Å². The Morgan fingerprint density at radius 3 is 2.30 bits per heavy atom. The Morgan fingerprint density at radius 1 is 1.10 bits per heavy atom. The van der Waals surface area contributed by atoms with Crippen LogP contribution in [0.4, 0.5) is 11.4 Å². The fraction of sp³-hybridized carbons (Fsp3) is 0.467. The van der Waals surface area contributed by atoms with Crippen LogP contribution in [0.25, 0.3) is 0 Å². The first kappa shape index (κ1) is 13.0. The van der Waals surface area contributed by atoms with Crippen molar-refractivity contribution in [1.29, 1.82) is 0 Å². The summed E-state index contributed by atoms with van der Waals surface area (Å²) < 4.78 is 0. The molecule has 0 aromatic heterocycles. The molecule has 20 heavy (non-hydrogen) atoms. The van der Waals surface area contributed by atoms with Crippen molar-refractivity contribution in [2.75, 3.05) is 36.4 Å². The molecule has 0 atom stereocenters. The summed E-state index contributed by atoms with van der Waals surface area (Å²) in [6, 6.07) is 7.95. The minimum atomic E-state index is 0.136. The molecule has 1 aliphatic carbocycles. The molecule has 2 aliphatic rings. The number of amides is 2. The molecule has 5 heteroatoms. The zero-order valence-corrected chi connectivity index (χ0v) is 11.4. The van der Waals surface area contributed by atoms with Crippen molar-refractivity contribution in [3.8, 4) is 0 Å². The molecule has 1 aliphatic heterocycles. The Hall–Kier alpha value is -2.04. The lowest BCUT2D eigenvalue weighted by molar-refractivity contribution is -0.118. The maximum atomic E-state index is 11.7. The van der Waals surface area contributed by atoms with E-state index in [0.717, 1.165) is 56.8 Å². The fourth-order valence-electron chi connectivity index (χ4n) is 2.43. The Kier molecular flexibility index (Phi) is 3.58. The third-order valence-corrected chi connectivity index (χ3v) is 3.91. The van der Waals surface area contributed by atoms with Crippen molar-refractivity contribution < 1.29 is 9.59 Å². The van der Waals surface area contributed by atoms with Gasteiger partial charge in [-0.05, 0) is 37.1 Å². The van der Waals surface area contributed by atoms with E-state index in [1.54, 1.807) is 4.90 Å². The topological polar surface area (TPSA) is 52.7 Å². The highest BCUT2D eigenvalue weighted by Crippen LogP contribution is 2.30. The number of nitrogens with one attached hydrogen (secondary N) is 1. The zero-order valence-electron chi connectivity index (χ0n) is 11.4. The lowest BCUT2D eigenvalue weighted by Gasteiger charge is -2.34. The molecular weight excluding hydrogens is 254 g/mol. The van der Waals surface area contributed by atoms with Crippen LogP contribution >= 0.6 is 0 Å². The van der Waals surface area contributed by atoms with Crippen molar-refractivity contribution >= 4 is 23.7 Å². The summed E-state index contributed by atoms with van der Waals surface area (Å²) in [5, 5.41) is 2.94. The van der Waals surface area contributed by atoms with Gasteiger partial charge in [0, 0.05) is 43.5 Å². The number of carbonyl (C=O) groups excluding carboxylic acids is 2. The first-order chi connectivity index (χ1) is 9.76. The van der Waals surface area contributed by atoms with E-state index in [2.05, 4.69) is 10.2 Å². The van der Waals surface area contributed by atoms with Gasteiger partial charge in [-0.15, -0.1) is 0 Å². The SMILES string of the molecule is O=CN1CCN(c2ccc(NC(=O)C3CC3)cc2)CC1. The predicted octanol–water partition coefficient (Wildman–Crippen LogP) is 1.31. The van der Waals surface area contributed by atoms with E-state index >= 15 is 0 Å². The number of rotatable bonds is 4. The minimum Gasteiger partial charge on any atom is -0.368 e. The van der Waals surface area contributed by atoms with Gasteiger partial charge in [0.25, 0.3) is 0 Å². The van der Waals surface area contributed by atoms with Crippen molar-refractivity contribution in [3.05, 3.63) is 24.3 Å². The van der Waals surface area contributed by atoms with Crippen LogP contribution in [0.2, 0.25) is 0 Å². The smallest absolute Gasteiger partial charge is 0.227 e. The van der Waals surface area contributed by atoms with Crippen molar-refractivity contribution in [2.24, 2.45) is 5.92 Å². The van der Waals surface area contributed by atoms with Crippen LogP contribution < -0.4 is 10.2 Å². The Balaban J connectivity index is 1.58. The lowest BCUT2D eigenvalue weighted by Crippen LogP contribution is -2.45. The molecule has 0 radical (unpaired) electrons. The third-order valence-electron chi connectivity index (χ3n) is 3.91. The number of nitrogens with zero attached hydrogens (tertiary/aromatic N) is 2. The van der Waals surface area contributed by atoms with Crippen LogP contribution in [-0.2, 0) is 9.59 Å². The molecule has 2 amide bonds. The highest BCUT2D eigenvalue weighted by atomic mass is 16.2. The van der Waals surface area contributed by atoms with Crippen LogP contribution in [0, 0.1) is 5.92 Å². The molecule has 1 saturated carbocycles. The Labute approximate surface area is 118 Å². The molecule has 5 nitrogen and oxygen atoms in total. The third kappa shape index (κ3) is 2.92. The Bertz CT molecular complexity index is 488. The number of benzene rings is 1. The summed E-state index contributed by atoms with van der Waals surface area (Å²) in [5.41, 5.74) is 2.00. The number of piperazine rings is 1. The summed E-state index contributed by atoms with van der Waals surface area (Å²) in [5.74, 6) is 0.364. The molecule has 0 unspecified atom stereocenters.